The number of sulfonamides is 1. The van der Waals surface area contributed by atoms with Crippen molar-refractivity contribution in [3.63, 3.8) is 0 Å². The Kier molecular flexibility index (Phi) is 4.97. The van der Waals surface area contributed by atoms with Gasteiger partial charge < -0.3 is 13.9 Å². The fourth-order valence-electron chi connectivity index (χ4n) is 3.14. The maximum atomic E-state index is 12.7. The number of rotatable bonds is 5. The summed E-state index contributed by atoms with van der Waals surface area (Å²) in [6.07, 6.45) is 0. The summed E-state index contributed by atoms with van der Waals surface area (Å²) in [5, 5.41) is 1.73. The molecule has 0 N–H and O–H groups in total. The number of benzene rings is 3. The summed E-state index contributed by atoms with van der Waals surface area (Å²) in [5.41, 5.74) is 1.51. The molecule has 3 aromatic carbocycles. The Morgan fingerprint density at radius 1 is 0.933 bits per heavy atom. The van der Waals surface area contributed by atoms with Gasteiger partial charge in [-0.3, -0.25) is 0 Å². The van der Waals surface area contributed by atoms with Crippen LogP contribution in [0.15, 0.2) is 70.0 Å². The second kappa shape index (κ2) is 7.47. The smallest absolute Gasteiger partial charge is 0.343 e. The number of ether oxygens (including phenoxy) is 2. The molecule has 0 amide bonds. The third-order valence-corrected chi connectivity index (χ3v) is 6.55. The molecule has 30 heavy (non-hydrogen) atoms. The van der Waals surface area contributed by atoms with Gasteiger partial charge in [0.1, 0.15) is 27.6 Å². The lowest BCUT2D eigenvalue weighted by Crippen LogP contribution is -2.23. The zero-order valence-corrected chi connectivity index (χ0v) is 17.4. The fraction of sp³-hybridized carbons (Fsp3) is 0.136. The van der Waals surface area contributed by atoms with Crippen molar-refractivity contribution in [1.29, 1.82) is 0 Å². The Balaban J connectivity index is 1.69. The first kappa shape index (κ1) is 19.9. The van der Waals surface area contributed by atoms with E-state index in [0.29, 0.717) is 11.3 Å². The zero-order valence-electron chi connectivity index (χ0n) is 16.6. The van der Waals surface area contributed by atoms with Gasteiger partial charge in [-0.1, -0.05) is 18.2 Å². The SMILES string of the molecule is COc1ccc(C(=O)Oc2ccc3oc4ccccc4c3c2)cc1S(=O)(=O)N(C)C. The monoisotopic (exact) mass is 425 g/mol. The van der Waals surface area contributed by atoms with Crippen LogP contribution in [0.25, 0.3) is 21.9 Å². The van der Waals surface area contributed by atoms with E-state index in [1.165, 1.54) is 39.4 Å². The molecule has 0 fully saturated rings. The summed E-state index contributed by atoms with van der Waals surface area (Å²) < 4.78 is 42.6. The van der Waals surface area contributed by atoms with Crippen LogP contribution in [-0.2, 0) is 10.0 Å². The van der Waals surface area contributed by atoms with Gasteiger partial charge in [0.15, 0.2) is 0 Å². The van der Waals surface area contributed by atoms with Crippen molar-refractivity contribution in [2.24, 2.45) is 0 Å². The summed E-state index contributed by atoms with van der Waals surface area (Å²) >= 11 is 0. The molecule has 0 saturated carbocycles. The van der Waals surface area contributed by atoms with E-state index in [1.807, 2.05) is 24.3 Å². The van der Waals surface area contributed by atoms with E-state index in [-0.39, 0.29) is 16.2 Å². The van der Waals surface area contributed by atoms with Crippen LogP contribution in [0.3, 0.4) is 0 Å². The lowest BCUT2D eigenvalue weighted by Gasteiger charge is -2.15. The largest absolute Gasteiger partial charge is 0.495 e. The molecule has 0 saturated heterocycles. The van der Waals surface area contributed by atoms with E-state index in [1.54, 1.807) is 18.2 Å². The molecule has 0 unspecified atom stereocenters. The van der Waals surface area contributed by atoms with Gasteiger partial charge in [0.05, 0.1) is 12.7 Å². The lowest BCUT2D eigenvalue weighted by atomic mass is 10.1. The van der Waals surface area contributed by atoms with Crippen molar-refractivity contribution < 1.29 is 27.1 Å². The molecule has 0 bridgehead atoms. The van der Waals surface area contributed by atoms with E-state index in [0.717, 1.165) is 20.7 Å². The highest BCUT2D eigenvalue weighted by molar-refractivity contribution is 7.89. The molecule has 8 heteroatoms. The molecule has 0 aliphatic carbocycles. The van der Waals surface area contributed by atoms with Gasteiger partial charge in [0, 0.05) is 24.9 Å². The Labute approximate surface area is 173 Å². The molecule has 4 aromatic rings. The fourth-order valence-corrected chi connectivity index (χ4v) is 4.21. The number of nitrogens with zero attached hydrogens (tertiary/aromatic N) is 1. The molecule has 0 radical (unpaired) electrons. The van der Waals surface area contributed by atoms with Gasteiger partial charge >= 0.3 is 5.97 Å². The zero-order chi connectivity index (χ0) is 21.5. The van der Waals surface area contributed by atoms with Crippen LogP contribution in [0.5, 0.6) is 11.5 Å². The molecular weight excluding hydrogens is 406 g/mol. The van der Waals surface area contributed by atoms with Crippen LogP contribution in [0.2, 0.25) is 0 Å². The molecule has 7 nitrogen and oxygen atoms in total. The number of hydrogen-bond donors (Lipinski definition) is 0. The van der Waals surface area contributed by atoms with Crippen LogP contribution in [-0.4, -0.2) is 39.9 Å². The summed E-state index contributed by atoms with van der Waals surface area (Å²) in [6.45, 7) is 0. The van der Waals surface area contributed by atoms with Crippen molar-refractivity contribution in [3.8, 4) is 11.5 Å². The number of methoxy groups -OCH3 is 1. The Hall–Kier alpha value is -3.36. The quantitative estimate of drug-likeness (QED) is 0.354. The second-order valence-electron chi connectivity index (χ2n) is 6.80. The van der Waals surface area contributed by atoms with Gasteiger partial charge in [0.2, 0.25) is 10.0 Å². The highest BCUT2D eigenvalue weighted by Gasteiger charge is 2.24. The summed E-state index contributed by atoms with van der Waals surface area (Å²) in [5.74, 6) is -0.210. The molecule has 154 valence electrons. The van der Waals surface area contributed by atoms with E-state index < -0.39 is 16.0 Å². The third kappa shape index (κ3) is 3.40. The van der Waals surface area contributed by atoms with Crippen molar-refractivity contribution in [2.45, 2.75) is 4.90 Å². The molecule has 1 heterocycles. The van der Waals surface area contributed by atoms with Crippen LogP contribution in [0.1, 0.15) is 10.4 Å². The topological polar surface area (TPSA) is 86.0 Å². The van der Waals surface area contributed by atoms with E-state index in [4.69, 9.17) is 13.9 Å². The number of hydrogen-bond acceptors (Lipinski definition) is 6. The van der Waals surface area contributed by atoms with Crippen LogP contribution in [0.4, 0.5) is 0 Å². The van der Waals surface area contributed by atoms with Crippen LogP contribution >= 0.6 is 0 Å². The van der Waals surface area contributed by atoms with Gasteiger partial charge in [0.25, 0.3) is 0 Å². The average Bonchev–Trinajstić information content (AvgIpc) is 3.11. The van der Waals surface area contributed by atoms with Crippen molar-refractivity contribution >= 4 is 37.9 Å². The third-order valence-electron chi connectivity index (χ3n) is 4.72. The minimum absolute atomic E-state index is 0.0911. The average molecular weight is 425 g/mol. The highest BCUT2D eigenvalue weighted by atomic mass is 32.2. The number of carbonyl (C=O) groups is 1. The van der Waals surface area contributed by atoms with Gasteiger partial charge in [-0.15, -0.1) is 0 Å². The van der Waals surface area contributed by atoms with E-state index in [9.17, 15) is 13.2 Å². The number of carbonyl (C=O) groups excluding carboxylic acids is 1. The van der Waals surface area contributed by atoms with Crippen molar-refractivity contribution in [2.75, 3.05) is 21.2 Å². The second-order valence-corrected chi connectivity index (χ2v) is 8.92. The van der Waals surface area contributed by atoms with E-state index in [2.05, 4.69) is 0 Å². The maximum absolute atomic E-state index is 12.7. The molecule has 0 atom stereocenters. The summed E-state index contributed by atoms with van der Waals surface area (Å²) in [4.78, 5) is 12.6. The number of esters is 1. The predicted octanol–water partition coefficient (Wildman–Crippen LogP) is 4.06. The minimum Gasteiger partial charge on any atom is -0.495 e. The van der Waals surface area contributed by atoms with Gasteiger partial charge in [-0.2, -0.15) is 0 Å². The molecule has 4 rings (SSSR count). The number of fused-ring (bicyclic) bond motifs is 3. The normalized spacial score (nSPS) is 11.9. The summed E-state index contributed by atoms with van der Waals surface area (Å²) in [7, 11) is 0.375. The Morgan fingerprint density at radius 2 is 1.67 bits per heavy atom. The molecule has 0 aliphatic rings. The number of furan rings is 1. The highest BCUT2D eigenvalue weighted by Crippen LogP contribution is 2.32. The first-order valence-electron chi connectivity index (χ1n) is 9.05. The molecule has 0 spiro atoms. The standard InChI is InChI=1S/C22H19NO6S/c1-23(2)30(25,26)21-12-14(8-10-20(21)27-3)22(24)28-15-9-11-19-17(13-15)16-6-4-5-7-18(16)29-19/h4-13H,1-3H3. The van der Waals surface area contributed by atoms with E-state index >= 15 is 0 Å². The Bertz CT molecular complexity index is 1370. The first-order valence-corrected chi connectivity index (χ1v) is 10.5. The lowest BCUT2D eigenvalue weighted by molar-refractivity contribution is 0.0734. The molecule has 0 aliphatic heterocycles. The maximum Gasteiger partial charge on any atom is 0.343 e. The molecule has 1 aromatic heterocycles. The Morgan fingerprint density at radius 3 is 2.40 bits per heavy atom. The first-order chi connectivity index (χ1) is 14.3. The number of para-hydroxylation sites is 1. The summed E-state index contributed by atoms with van der Waals surface area (Å²) in [6, 6.07) is 16.8. The molecular formula is C22H19NO6S. The van der Waals surface area contributed by atoms with Crippen molar-refractivity contribution in [3.05, 3.63) is 66.2 Å². The van der Waals surface area contributed by atoms with Gasteiger partial charge in [-0.05, 0) is 42.5 Å². The minimum atomic E-state index is -3.81. The predicted molar refractivity (Wildman–Crippen MR) is 113 cm³/mol. The van der Waals surface area contributed by atoms with Crippen LogP contribution < -0.4 is 9.47 Å². The van der Waals surface area contributed by atoms with Crippen molar-refractivity contribution in [1.82, 2.24) is 4.31 Å². The van der Waals surface area contributed by atoms with Gasteiger partial charge in [-0.25, -0.2) is 17.5 Å². The van der Waals surface area contributed by atoms with Crippen LogP contribution in [0, 0.1) is 0 Å².